The van der Waals surface area contributed by atoms with E-state index in [1.807, 2.05) is 23.4 Å². The number of nitrogens with zero attached hydrogens (tertiary/aromatic N) is 4. The molecule has 2 aliphatic rings. The van der Waals surface area contributed by atoms with Crippen LogP contribution in [0.4, 0.5) is 0 Å². The molecule has 128 valence electrons. The van der Waals surface area contributed by atoms with Crippen molar-refractivity contribution < 1.29 is 4.79 Å². The van der Waals surface area contributed by atoms with Crippen LogP contribution in [0.15, 0.2) is 29.1 Å². The number of thiophene rings is 1. The molecule has 0 N–H and O–H groups in total. The van der Waals surface area contributed by atoms with Crippen LogP contribution < -0.4 is 0 Å². The molecule has 1 fully saturated rings. The van der Waals surface area contributed by atoms with Crippen molar-refractivity contribution in [2.24, 2.45) is 0 Å². The van der Waals surface area contributed by atoms with Crippen LogP contribution in [0.5, 0.6) is 0 Å². The summed E-state index contributed by atoms with van der Waals surface area (Å²) < 4.78 is 2.35. The van der Waals surface area contributed by atoms with Gasteiger partial charge in [-0.05, 0) is 31.2 Å². The highest BCUT2D eigenvalue weighted by Crippen LogP contribution is 2.44. The third-order valence-electron chi connectivity index (χ3n) is 5.40. The zero-order valence-corrected chi connectivity index (χ0v) is 15.6. The molecular weight excluding hydrogens is 352 g/mol. The van der Waals surface area contributed by atoms with Gasteiger partial charge in [-0.2, -0.15) is 0 Å². The number of carbonyl (C=O) groups excluding carboxylic acids is 1. The number of amides is 1. The van der Waals surface area contributed by atoms with Crippen molar-refractivity contribution in [3.63, 3.8) is 0 Å². The van der Waals surface area contributed by atoms with E-state index in [0.717, 1.165) is 43.3 Å². The van der Waals surface area contributed by atoms with Crippen molar-refractivity contribution in [3.8, 4) is 10.6 Å². The maximum Gasteiger partial charge on any atom is 0.273 e. The Hall–Kier alpha value is -1.99. The van der Waals surface area contributed by atoms with Crippen molar-refractivity contribution in [2.75, 3.05) is 13.1 Å². The molecule has 0 saturated carbocycles. The lowest BCUT2D eigenvalue weighted by Crippen LogP contribution is -2.33. The van der Waals surface area contributed by atoms with Crippen molar-refractivity contribution in [3.05, 3.63) is 45.6 Å². The third kappa shape index (κ3) is 2.29. The van der Waals surface area contributed by atoms with Crippen molar-refractivity contribution in [1.82, 2.24) is 19.4 Å². The van der Waals surface area contributed by atoms with E-state index in [1.54, 1.807) is 11.3 Å². The number of rotatable bonds is 2. The first-order valence-electron chi connectivity index (χ1n) is 8.48. The minimum atomic E-state index is 0.0102. The first-order valence-corrected chi connectivity index (χ1v) is 10.2. The van der Waals surface area contributed by atoms with Gasteiger partial charge in [0.25, 0.3) is 5.91 Å². The van der Waals surface area contributed by atoms with E-state index in [9.17, 15) is 4.79 Å². The molecule has 5 heterocycles. The molecule has 2 aliphatic heterocycles. The molecule has 1 unspecified atom stereocenters. The Kier molecular flexibility index (Phi) is 3.36. The van der Waals surface area contributed by atoms with Gasteiger partial charge in [-0.1, -0.05) is 6.07 Å². The number of aryl methyl sites for hydroxylation is 1. The Balaban J connectivity index is 1.43. The quantitative estimate of drug-likeness (QED) is 0.693. The number of aromatic nitrogens is 3. The summed E-state index contributed by atoms with van der Waals surface area (Å²) in [6, 6.07) is 4.23. The molecule has 0 aromatic carbocycles. The number of fused-ring (bicyclic) bond motifs is 2. The average Bonchev–Trinajstić information content (AvgIpc) is 3.39. The van der Waals surface area contributed by atoms with Crippen molar-refractivity contribution in [1.29, 1.82) is 0 Å². The molecule has 3 aromatic rings. The van der Waals surface area contributed by atoms with Gasteiger partial charge in [0.15, 0.2) is 0 Å². The predicted octanol–water partition coefficient (Wildman–Crippen LogP) is 3.56. The Morgan fingerprint density at radius 2 is 2.16 bits per heavy atom. The topological polar surface area (TPSA) is 51.0 Å². The second kappa shape index (κ2) is 5.51. The van der Waals surface area contributed by atoms with E-state index in [2.05, 4.69) is 27.1 Å². The molecule has 0 aliphatic carbocycles. The summed E-state index contributed by atoms with van der Waals surface area (Å²) in [5, 5.41) is 4.91. The van der Waals surface area contributed by atoms with Gasteiger partial charge in [0.2, 0.25) is 0 Å². The van der Waals surface area contributed by atoms with E-state index in [4.69, 9.17) is 4.98 Å². The number of carbonyl (C=O) groups is 1. The minimum Gasteiger partial charge on any atom is -0.336 e. The predicted molar refractivity (Wildman–Crippen MR) is 99.2 cm³/mol. The van der Waals surface area contributed by atoms with Gasteiger partial charge in [-0.3, -0.25) is 4.79 Å². The Morgan fingerprint density at radius 3 is 2.92 bits per heavy atom. The number of hydrogen-bond donors (Lipinski definition) is 0. The van der Waals surface area contributed by atoms with E-state index < -0.39 is 0 Å². The molecule has 25 heavy (non-hydrogen) atoms. The lowest BCUT2D eigenvalue weighted by atomic mass is 9.85. The Morgan fingerprint density at radius 1 is 1.28 bits per heavy atom. The van der Waals surface area contributed by atoms with Crippen LogP contribution in [0, 0.1) is 6.92 Å². The van der Waals surface area contributed by atoms with Crippen LogP contribution in [0.25, 0.3) is 10.6 Å². The summed E-state index contributed by atoms with van der Waals surface area (Å²) in [5.41, 5.74) is 1.80. The zero-order valence-electron chi connectivity index (χ0n) is 13.9. The van der Waals surface area contributed by atoms with E-state index in [-0.39, 0.29) is 11.3 Å². The summed E-state index contributed by atoms with van der Waals surface area (Å²) in [4.78, 5) is 25.1. The van der Waals surface area contributed by atoms with Gasteiger partial charge in [0.05, 0.1) is 21.8 Å². The second-order valence-corrected chi connectivity index (χ2v) is 8.86. The van der Waals surface area contributed by atoms with Gasteiger partial charge in [-0.15, -0.1) is 22.7 Å². The number of imidazole rings is 1. The Bertz CT molecular complexity index is 942. The van der Waals surface area contributed by atoms with E-state index in [0.29, 0.717) is 5.69 Å². The standard InChI is InChI=1S/C18H18N4OS2/c1-12-20-13(10-25-12)16(23)21-6-4-18(11-21)5-7-22-14(9-19-17(18)22)15-3-2-8-24-15/h2-3,8-10H,4-7,11H2,1H3. The monoisotopic (exact) mass is 370 g/mol. The summed E-state index contributed by atoms with van der Waals surface area (Å²) in [5.74, 6) is 1.21. The van der Waals surface area contributed by atoms with Crippen LogP contribution in [0.1, 0.15) is 34.2 Å². The fourth-order valence-electron chi connectivity index (χ4n) is 4.14. The first kappa shape index (κ1) is 15.3. The van der Waals surface area contributed by atoms with Crippen molar-refractivity contribution >= 4 is 28.6 Å². The molecule has 5 nitrogen and oxygen atoms in total. The molecule has 7 heteroatoms. The fourth-order valence-corrected chi connectivity index (χ4v) is 5.47. The molecule has 1 saturated heterocycles. The summed E-state index contributed by atoms with van der Waals surface area (Å²) in [6.07, 6.45) is 4.05. The van der Waals surface area contributed by atoms with E-state index in [1.165, 1.54) is 21.9 Å². The lowest BCUT2D eigenvalue weighted by Gasteiger charge is -2.22. The SMILES string of the molecule is Cc1nc(C(=O)N2CCC3(CCn4c(-c5cccs5)cnc43)C2)cs1. The average molecular weight is 371 g/mol. The maximum absolute atomic E-state index is 12.7. The summed E-state index contributed by atoms with van der Waals surface area (Å²) in [6.45, 7) is 4.47. The fraction of sp³-hybridized carbons (Fsp3) is 0.389. The number of thiazole rings is 1. The highest BCUT2D eigenvalue weighted by Gasteiger charge is 2.48. The molecular formula is C18H18N4OS2. The van der Waals surface area contributed by atoms with Crippen LogP contribution in [0.2, 0.25) is 0 Å². The lowest BCUT2D eigenvalue weighted by molar-refractivity contribution is 0.0778. The van der Waals surface area contributed by atoms with Gasteiger partial charge in [-0.25, -0.2) is 9.97 Å². The zero-order chi connectivity index (χ0) is 17.0. The second-order valence-electron chi connectivity index (χ2n) is 6.85. The van der Waals surface area contributed by atoms with Gasteiger partial charge >= 0.3 is 0 Å². The molecule has 1 atom stereocenters. The molecule has 0 radical (unpaired) electrons. The normalized spacial score (nSPS) is 22.0. The molecule has 5 rings (SSSR count). The van der Waals surface area contributed by atoms with Gasteiger partial charge < -0.3 is 9.47 Å². The van der Waals surface area contributed by atoms with Crippen LogP contribution in [-0.4, -0.2) is 38.4 Å². The van der Waals surface area contributed by atoms with Gasteiger partial charge in [0.1, 0.15) is 11.5 Å². The molecule has 1 amide bonds. The van der Waals surface area contributed by atoms with Gasteiger partial charge in [0, 0.05) is 30.4 Å². The smallest absolute Gasteiger partial charge is 0.273 e. The summed E-state index contributed by atoms with van der Waals surface area (Å²) >= 11 is 3.28. The summed E-state index contributed by atoms with van der Waals surface area (Å²) in [7, 11) is 0. The highest BCUT2D eigenvalue weighted by atomic mass is 32.1. The van der Waals surface area contributed by atoms with Crippen LogP contribution in [-0.2, 0) is 12.0 Å². The Labute approximate surface area is 154 Å². The van der Waals surface area contributed by atoms with Crippen LogP contribution in [0.3, 0.4) is 0 Å². The van der Waals surface area contributed by atoms with Crippen molar-refractivity contribution in [2.45, 2.75) is 31.7 Å². The molecule has 3 aromatic heterocycles. The maximum atomic E-state index is 12.7. The third-order valence-corrected chi connectivity index (χ3v) is 7.06. The number of likely N-dealkylation sites (tertiary alicyclic amines) is 1. The minimum absolute atomic E-state index is 0.0102. The number of hydrogen-bond acceptors (Lipinski definition) is 5. The molecule has 0 bridgehead atoms. The first-order chi connectivity index (χ1) is 12.2. The largest absolute Gasteiger partial charge is 0.336 e. The molecule has 1 spiro atoms. The van der Waals surface area contributed by atoms with E-state index >= 15 is 0 Å². The van der Waals surface area contributed by atoms with Crippen LogP contribution >= 0.6 is 22.7 Å². The highest BCUT2D eigenvalue weighted by molar-refractivity contribution is 7.13.